The molecule has 134 valence electrons. The lowest BCUT2D eigenvalue weighted by atomic mass is 10.0. The molecule has 0 unspecified atom stereocenters. The van der Waals surface area contributed by atoms with Gasteiger partial charge in [0.2, 0.25) is 4.33 Å². The van der Waals surface area contributed by atoms with Gasteiger partial charge in [0, 0.05) is 17.0 Å². The van der Waals surface area contributed by atoms with Crippen LogP contribution in [-0.4, -0.2) is 21.2 Å². The maximum atomic E-state index is 12.0. The van der Waals surface area contributed by atoms with Crippen LogP contribution < -0.4 is 0 Å². The van der Waals surface area contributed by atoms with Gasteiger partial charge in [0.1, 0.15) is 0 Å². The lowest BCUT2D eigenvalue weighted by Gasteiger charge is -2.13. The molecular weight excluding hydrogens is 371 g/mol. The highest BCUT2D eigenvalue weighted by atomic mass is 35.5. The summed E-state index contributed by atoms with van der Waals surface area (Å²) in [6.07, 6.45) is 7.50. The van der Waals surface area contributed by atoms with E-state index in [0.29, 0.717) is 23.4 Å². The molecule has 0 aromatic heterocycles. The van der Waals surface area contributed by atoms with Crippen LogP contribution in [0, 0.1) is 0 Å². The molecule has 0 radical (unpaired) electrons. The summed E-state index contributed by atoms with van der Waals surface area (Å²) in [5.74, 6) is -1.03. The zero-order valence-electron chi connectivity index (χ0n) is 13.6. The summed E-state index contributed by atoms with van der Waals surface area (Å²) < 4.78 is -1.66. The molecule has 0 bridgehead atoms. The predicted octanol–water partition coefficient (Wildman–Crippen LogP) is 6.29. The first-order chi connectivity index (χ1) is 11.3. The van der Waals surface area contributed by atoms with E-state index in [9.17, 15) is 9.59 Å². The topological polar surface area (TPSA) is 54.4 Å². The van der Waals surface area contributed by atoms with Gasteiger partial charge in [-0.3, -0.25) is 4.79 Å². The highest BCUT2D eigenvalue weighted by Gasteiger charge is 2.32. The van der Waals surface area contributed by atoms with Crippen molar-refractivity contribution in [1.82, 2.24) is 0 Å². The maximum Gasteiger partial charge on any atom is 0.340 e. The maximum absolute atomic E-state index is 12.0. The van der Waals surface area contributed by atoms with Crippen LogP contribution >= 0.6 is 34.8 Å². The molecule has 3 nitrogen and oxygen atoms in total. The number of unbranched alkanes of at least 4 members (excludes halogenated alkanes) is 6. The lowest BCUT2D eigenvalue weighted by molar-refractivity contribution is -0.138. The van der Waals surface area contributed by atoms with E-state index in [-0.39, 0.29) is 12.2 Å². The van der Waals surface area contributed by atoms with Crippen LogP contribution in [-0.2, 0) is 4.79 Å². The van der Waals surface area contributed by atoms with Crippen molar-refractivity contribution in [3.05, 3.63) is 34.9 Å². The van der Waals surface area contributed by atoms with E-state index < -0.39 is 10.3 Å². The van der Waals surface area contributed by atoms with E-state index in [4.69, 9.17) is 39.9 Å². The third-order valence-corrected chi connectivity index (χ3v) is 4.83. The zero-order valence-corrected chi connectivity index (χ0v) is 15.8. The number of ketones is 1. The quantitative estimate of drug-likeness (QED) is 0.258. The average molecular weight is 394 g/mol. The van der Waals surface area contributed by atoms with Gasteiger partial charge in [0.05, 0.1) is 0 Å². The first-order valence-corrected chi connectivity index (χ1v) is 9.36. The number of Topliss-reactive ketones (excluding diaryl/α,β-unsaturated/α-hetero) is 1. The minimum Gasteiger partial charge on any atom is -0.479 e. The fraction of sp³-hybridized carbons (Fsp3) is 0.556. The van der Waals surface area contributed by atoms with Crippen molar-refractivity contribution in [2.24, 2.45) is 0 Å². The van der Waals surface area contributed by atoms with Crippen molar-refractivity contribution in [3.8, 4) is 0 Å². The third kappa shape index (κ3) is 8.36. The van der Waals surface area contributed by atoms with Crippen molar-refractivity contribution < 1.29 is 14.7 Å². The highest BCUT2D eigenvalue weighted by Crippen LogP contribution is 2.28. The summed E-state index contributed by atoms with van der Waals surface area (Å²) in [4.78, 5) is 22.7. The summed E-state index contributed by atoms with van der Waals surface area (Å²) >= 11 is 17.1. The van der Waals surface area contributed by atoms with Gasteiger partial charge >= 0.3 is 5.97 Å². The van der Waals surface area contributed by atoms with Gasteiger partial charge < -0.3 is 5.11 Å². The molecule has 0 aliphatic carbocycles. The summed E-state index contributed by atoms with van der Waals surface area (Å²) in [6.45, 7) is 0. The van der Waals surface area contributed by atoms with Gasteiger partial charge in [0.15, 0.2) is 5.78 Å². The summed E-state index contributed by atoms with van der Waals surface area (Å²) in [5, 5.41) is 9.42. The minimum absolute atomic E-state index is 0.154. The number of halogens is 3. The second-order valence-electron chi connectivity index (χ2n) is 5.91. The Kier molecular flexibility index (Phi) is 9.72. The van der Waals surface area contributed by atoms with Crippen molar-refractivity contribution in [2.45, 2.75) is 62.1 Å². The van der Waals surface area contributed by atoms with Crippen molar-refractivity contribution in [2.75, 3.05) is 0 Å². The second kappa shape index (κ2) is 11.0. The van der Waals surface area contributed by atoms with Gasteiger partial charge in [0.25, 0.3) is 0 Å². The summed E-state index contributed by atoms with van der Waals surface area (Å²) in [7, 11) is 0. The third-order valence-electron chi connectivity index (χ3n) is 3.87. The summed E-state index contributed by atoms with van der Waals surface area (Å²) in [5.41, 5.74) is 0.712. The monoisotopic (exact) mass is 392 g/mol. The predicted molar refractivity (Wildman–Crippen MR) is 99.4 cm³/mol. The molecule has 0 amide bonds. The molecule has 6 heteroatoms. The molecule has 24 heavy (non-hydrogen) atoms. The van der Waals surface area contributed by atoms with E-state index in [2.05, 4.69) is 0 Å². The first-order valence-electron chi connectivity index (χ1n) is 8.23. The molecule has 0 heterocycles. The van der Waals surface area contributed by atoms with Crippen LogP contribution in [0.15, 0.2) is 24.3 Å². The van der Waals surface area contributed by atoms with Crippen LogP contribution in [0.2, 0.25) is 5.02 Å². The second-order valence-corrected chi connectivity index (χ2v) is 7.83. The number of carbonyl (C=O) groups excluding carboxylic acids is 1. The molecule has 0 aliphatic rings. The van der Waals surface area contributed by atoms with Gasteiger partial charge in [-0.15, -0.1) is 0 Å². The van der Waals surface area contributed by atoms with E-state index in [1.165, 1.54) is 0 Å². The molecule has 1 N–H and O–H groups in total. The molecule has 1 aromatic carbocycles. The van der Waals surface area contributed by atoms with Gasteiger partial charge in [-0.1, -0.05) is 66.9 Å². The first kappa shape index (κ1) is 21.3. The average Bonchev–Trinajstić information content (AvgIpc) is 2.53. The zero-order chi connectivity index (χ0) is 18.0. The Bertz CT molecular complexity index is 527. The number of alkyl halides is 2. The fourth-order valence-corrected chi connectivity index (χ4v) is 2.80. The van der Waals surface area contributed by atoms with E-state index in [0.717, 1.165) is 38.5 Å². The Balaban J connectivity index is 2.02. The number of aliphatic carboxylic acids is 1. The SMILES string of the molecule is O=C(CCCCCCCCCC(Cl)(Cl)C(=O)O)c1ccc(Cl)cc1. The molecule has 0 saturated carbocycles. The Labute approximate surface area is 158 Å². The number of benzene rings is 1. The number of carbonyl (C=O) groups is 2. The van der Waals surface area contributed by atoms with Crippen molar-refractivity contribution in [1.29, 1.82) is 0 Å². The molecule has 0 fully saturated rings. The van der Waals surface area contributed by atoms with E-state index >= 15 is 0 Å². The van der Waals surface area contributed by atoms with Gasteiger partial charge in [-0.2, -0.15) is 0 Å². The van der Waals surface area contributed by atoms with E-state index in [1.807, 2.05) is 0 Å². The normalized spacial score (nSPS) is 11.5. The fourth-order valence-electron chi connectivity index (χ4n) is 2.40. The lowest BCUT2D eigenvalue weighted by Crippen LogP contribution is -2.25. The van der Waals surface area contributed by atoms with Crippen LogP contribution in [0.3, 0.4) is 0 Å². The van der Waals surface area contributed by atoms with Gasteiger partial charge in [-0.05, 0) is 43.5 Å². The van der Waals surface area contributed by atoms with Crippen molar-refractivity contribution in [3.63, 3.8) is 0 Å². The number of hydrogen-bond donors (Lipinski definition) is 1. The molecule has 1 rings (SSSR count). The smallest absolute Gasteiger partial charge is 0.340 e. The molecule has 0 saturated heterocycles. The molecule has 1 aromatic rings. The molecule has 0 spiro atoms. The molecule has 0 atom stereocenters. The van der Waals surface area contributed by atoms with Crippen molar-refractivity contribution >= 4 is 46.6 Å². The summed E-state index contributed by atoms with van der Waals surface area (Å²) in [6, 6.07) is 6.98. The standard InChI is InChI=1S/C18H23Cl3O3/c19-15-11-9-14(10-12-15)16(22)8-6-4-2-1-3-5-7-13-18(20,21)17(23)24/h9-12H,1-8,13H2,(H,23,24). The Morgan fingerprint density at radius 3 is 1.92 bits per heavy atom. The number of rotatable bonds is 12. The molecular formula is C18H23Cl3O3. The van der Waals surface area contributed by atoms with Crippen LogP contribution in [0.5, 0.6) is 0 Å². The Morgan fingerprint density at radius 1 is 0.875 bits per heavy atom. The van der Waals surface area contributed by atoms with Crippen LogP contribution in [0.25, 0.3) is 0 Å². The molecule has 0 aliphatic heterocycles. The highest BCUT2D eigenvalue weighted by molar-refractivity contribution is 6.57. The Morgan fingerprint density at radius 2 is 1.38 bits per heavy atom. The van der Waals surface area contributed by atoms with Crippen LogP contribution in [0.1, 0.15) is 68.1 Å². The number of carboxylic acids is 1. The van der Waals surface area contributed by atoms with E-state index in [1.54, 1.807) is 24.3 Å². The van der Waals surface area contributed by atoms with Crippen LogP contribution in [0.4, 0.5) is 0 Å². The Hall–Kier alpha value is -0.770. The minimum atomic E-state index is -1.66. The largest absolute Gasteiger partial charge is 0.479 e. The number of hydrogen-bond acceptors (Lipinski definition) is 2. The van der Waals surface area contributed by atoms with Gasteiger partial charge in [-0.25, -0.2) is 4.79 Å². The number of carboxylic acid groups (broad SMARTS) is 1.